The second-order valence-corrected chi connectivity index (χ2v) is 5.41. The fourth-order valence-corrected chi connectivity index (χ4v) is 2.89. The molecule has 1 aromatic rings. The van der Waals surface area contributed by atoms with Crippen molar-refractivity contribution in [2.45, 2.75) is 63.2 Å². The highest BCUT2D eigenvalue weighted by molar-refractivity contribution is 5.33. The lowest BCUT2D eigenvalue weighted by Crippen LogP contribution is -2.14. The maximum Gasteiger partial charge on any atom is 0.0688 e. The normalized spacial score (nSPS) is 20.6. The molecule has 0 spiro atoms. The summed E-state index contributed by atoms with van der Waals surface area (Å²) in [6, 6.07) is 2.27. The summed E-state index contributed by atoms with van der Waals surface area (Å²) >= 11 is 0. The molecule has 3 heteroatoms. The highest BCUT2D eigenvalue weighted by atomic mass is 15.1. The summed E-state index contributed by atoms with van der Waals surface area (Å²) in [7, 11) is 0. The number of aromatic nitrogens is 2. The molecule has 0 amide bonds. The summed E-state index contributed by atoms with van der Waals surface area (Å²) in [4.78, 5) is 0. The first-order valence-electron chi connectivity index (χ1n) is 6.84. The largest absolute Gasteiger partial charge is 0.282 e. The number of aromatic amines is 1. The summed E-state index contributed by atoms with van der Waals surface area (Å²) < 4.78 is 0. The SMILES string of the molecule is N#CCCc1c(C2CCC2)n[nH]c1C1CCC1. The van der Waals surface area contributed by atoms with E-state index in [1.807, 2.05) is 0 Å². The van der Waals surface area contributed by atoms with E-state index in [2.05, 4.69) is 16.3 Å². The van der Waals surface area contributed by atoms with Gasteiger partial charge in [-0.2, -0.15) is 10.4 Å². The van der Waals surface area contributed by atoms with Gasteiger partial charge in [-0.1, -0.05) is 12.8 Å². The minimum Gasteiger partial charge on any atom is -0.282 e. The summed E-state index contributed by atoms with van der Waals surface area (Å²) in [5.74, 6) is 1.37. The number of nitrogens with zero attached hydrogens (tertiary/aromatic N) is 2. The Hall–Kier alpha value is -1.30. The molecule has 1 aromatic heterocycles. The Labute approximate surface area is 102 Å². The third-order valence-electron chi connectivity index (χ3n) is 4.42. The van der Waals surface area contributed by atoms with Crippen LogP contribution in [0.25, 0.3) is 0 Å². The lowest BCUT2D eigenvalue weighted by molar-refractivity contribution is 0.405. The molecular formula is C14H19N3. The minimum atomic E-state index is 0.624. The zero-order valence-corrected chi connectivity index (χ0v) is 10.2. The molecule has 2 saturated carbocycles. The molecule has 3 nitrogen and oxygen atoms in total. The summed E-state index contributed by atoms with van der Waals surface area (Å²) in [6.45, 7) is 0. The van der Waals surface area contributed by atoms with Crippen molar-refractivity contribution < 1.29 is 0 Å². The predicted octanol–water partition coefficient (Wildman–Crippen LogP) is 3.40. The van der Waals surface area contributed by atoms with Gasteiger partial charge < -0.3 is 0 Å². The van der Waals surface area contributed by atoms with Crippen molar-refractivity contribution in [3.05, 3.63) is 17.0 Å². The number of nitrogens with one attached hydrogen (secondary N) is 1. The van der Waals surface area contributed by atoms with Crippen molar-refractivity contribution in [2.75, 3.05) is 0 Å². The Balaban J connectivity index is 1.86. The Kier molecular flexibility index (Phi) is 2.88. The van der Waals surface area contributed by atoms with E-state index >= 15 is 0 Å². The molecule has 0 atom stereocenters. The van der Waals surface area contributed by atoms with E-state index in [1.54, 1.807) is 0 Å². The maximum atomic E-state index is 8.79. The predicted molar refractivity (Wildman–Crippen MR) is 65.7 cm³/mol. The monoisotopic (exact) mass is 229 g/mol. The van der Waals surface area contributed by atoms with Gasteiger partial charge in [0.2, 0.25) is 0 Å². The average Bonchev–Trinajstić information content (AvgIpc) is 2.54. The van der Waals surface area contributed by atoms with Crippen molar-refractivity contribution in [3.8, 4) is 6.07 Å². The minimum absolute atomic E-state index is 0.624. The van der Waals surface area contributed by atoms with Crippen LogP contribution in [-0.2, 0) is 6.42 Å². The topological polar surface area (TPSA) is 52.5 Å². The Morgan fingerprint density at radius 1 is 1.18 bits per heavy atom. The van der Waals surface area contributed by atoms with Gasteiger partial charge in [0, 0.05) is 24.0 Å². The number of H-pyrrole nitrogens is 1. The smallest absolute Gasteiger partial charge is 0.0688 e. The van der Waals surface area contributed by atoms with Crippen LogP contribution in [0.15, 0.2) is 0 Å². The van der Waals surface area contributed by atoms with Crippen molar-refractivity contribution >= 4 is 0 Å². The molecule has 3 rings (SSSR count). The van der Waals surface area contributed by atoms with Gasteiger partial charge in [0.15, 0.2) is 0 Å². The summed E-state index contributed by atoms with van der Waals surface area (Å²) in [6.07, 6.45) is 9.37. The molecule has 2 aliphatic carbocycles. The van der Waals surface area contributed by atoms with Gasteiger partial charge in [-0.15, -0.1) is 0 Å². The Morgan fingerprint density at radius 2 is 1.88 bits per heavy atom. The van der Waals surface area contributed by atoms with Crippen LogP contribution in [0.4, 0.5) is 0 Å². The van der Waals surface area contributed by atoms with Crippen LogP contribution in [-0.4, -0.2) is 10.2 Å². The van der Waals surface area contributed by atoms with Crippen LogP contribution in [0.5, 0.6) is 0 Å². The van der Waals surface area contributed by atoms with Gasteiger partial charge in [-0.3, -0.25) is 5.10 Å². The lowest BCUT2D eigenvalue weighted by atomic mass is 9.77. The van der Waals surface area contributed by atoms with Crippen molar-refractivity contribution in [2.24, 2.45) is 0 Å². The van der Waals surface area contributed by atoms with Crippen LogP contribution < -0.4 is 0 Å². The van der Waals surface area contributed by atoms with E-state index in [-0.39, 0.29) is 0 Å². The van der Waals surface area contributed by atoms with Gasteiger partial charge in [0.1, 0.15) is 0 Å². The average molecular weight is 229 g/mol. The third kappa shape index (κ3) is 1.86. The van der Waals surface area contributed by atoms with E-state index in [9.17, 15) is 0 Å². The molecule has 90 valence electrons. The van der Waals surface area contributed by atoms with Crippen molar-refractivity contribution in [1.29, 1.82) is 5.26 Å². The molecule has 2 fully saturated rings. The van der Waals surface area contributed by atoms with E-state index in [1.165, 1.54) is 55.5 Å². The van der Waals surface area contributed by atoms with Gasteiger partial charge in [-0.25, -0.2) is 0 Å². The van der Waals surface area contributed by atoms with Crippen molar-refractivity contribution in [1.82, 2.24) is 10.2 Å². The van der Waals surface area contributed by atoms with Crippen molar-refractivity contribution in [3.63, 3.8) is 0 Å². The quantitative estimate of drug-likeness (QED) is 0.860. The molecule has 0 unspecified atom stereocenters. The highest BCUT2D eigenvalue weighted by Gasteiger charge is 2.30. The first kappa shape index (κ1) is 10.8. The van der Waals surface area contributed by atoms with Crippen LogP contribution in [0, 0.1) is 11.3 Å². The lowest BCUT2D eigenvalue weighted by Gasteiger charge is -2.27. The third-order valence-corrected chi connectivity index (χ3v) is 4.42. The second kappa shape index (κ2) is 4.52. The summed E-state index contributed by atoms with van der Waals surface area (Å²) in [5.41, 5.74) is 4.03. The van der Waals surface area contributed by atoms with Gasteiger partial charge in [0.25, 0.3) is 0 Å². The molecule has 0 aromatic carbocycles. The van der Waals surface area contributed by atoms with E-state index in [0.717, 1.165) is 6.42 Å². The first-order chi connectivity index (χ1) is 8.40. The molecule has 1 heterocycles. The standard InChI is InChI=1S/C14H19N3/c15-9-3-8-12-13(10-4-1-5-10)16-17-14(12)11-6-2-7-11/h10-11H,1-8H2,(H,16,17). The Morgan fingerprint density at radius 3 is 2.41 bits per heavy atom. The summed E-state index contributed by atoms with van der Waals surface area (Å²) in [5, 5.41) is 16.6. The fraction of sp³-hybridized carbons (Fsp3) is 0.714. The molecule has 0 aliphatic heterocycles. The van der Waals surface area contributed by atoms with Gasteiger partial charge in [-0.05, 0) is 37.7 Å². The Bertz CT molecular complexity index is 401. The van der Waals surface area contributed by atoms with Crippen LogP contribution in [0.1, 0.15) is 73.7 Å². The van der Waals surface area contributed by atoms with Gasteiger partial charge >= 0.3 is 0 Å². The van der Waals surface area contributed by atoms with Crippen LogP contribution in [0.3, 0.4) is 0 Å². The maximum absolute atomic E-state index is 8.79. The first-order valence-corrected chi connectivity index (χ1v) is 6.84. The molecular weight excluding hydrogens is 210 g/mol. The fourth-order valence-electron chi connectivity index (χ4n) is 2.89. The molecule has 0 saturated heterocycles. The number of nitriles is 1. The van der Waals surface area contributed by atoms with E-state index < -0.39 is 0 Å². The van der Waals surface area contributed by atoms with Crippen LogP contribution in [0.2, 0.25) is 0 Å². The molecule has 2 aliphatic rings. The second-order valence-electron chi connectivity index (χ2n) is 5.41. The number of hydrogen-bond acceptors (Lipinski definition) is 2. The molecule has 0 radical (unpaired) electrons. The van der Waals surface area contributed by atoms with E-state index in [0.29, 0.717) is 18.3 Å². The molecule has 1 N–H and O–H groups in total. The molecule has 17 heavy (non-hydrogen) atoms. The van der Waals surface area contributed by atoms with Crippen LogP contribution >= 0.6 is 0 Å². The number of hydrogen-bond donors (Lipinski definition) is 1. The highest BCUT2D eigenvalue weighted by Crippen LogP contribution is 2.42. The van der Waals surface area contributed by atoms with E-state index in [4.69, 9.17) is 5.26 Å². The zero-order valence-electron chi connectivity index (χ0n) is 10.2. The zero-order chi connectivity index (χ0) is 11.7. The van der Waals surface area contributed by atoms with Gasteiger partial charge in [0.05, 0.1) is 11.8 Å². The molecule has 0 bridgehead atoms. The number of rotatable bonds is 4.